The van der Waals surface area contributed by atoms with Gasteiger partial charge in [0.05, 0.1) is 0 Å². The van der Waals surface area contributed by atoms with Gasteiger partial charge < -0.3 is 5.73 Å². The monoisotopic (exact) mass is 264 g/mol. The number of benzene rings is 1. The highest BCUT2D eigenvalue weighted by molar-refractivity contribution is 5.25. The number of nitrogens with two attached hydrogens (primary N) is 1. The molecule has 1 fully saturated rings. The second kappa shape index (κ2) is 5.59. The van der Waals surface area contributed by atoms with Crippen molar-refractivity contribution in [3.63, 3.8) is 0 Å². The molecule has 0 aliphatic carbocycles. The summed E-state index contributed by atoms with van der Waals surface area (Å²) in [6.45, 7) is 8.50. The van der Waals surface area contributed by atoms with Crippen molar-refractivity contribution in [2.45, 2.75) is 51.6 Å². The van der Waals surface area contributed by atoms with Crippen LogP contribution in [0.5, 0.6) is 0 Å². The molecule has 0 aromatic heterocycles. The SMILES string of the molecule is Cc1ccc(C(N)CCN2CCCC2(C)C)cc1F. The molecule has 0 spiro atoms. The molecular weight excluding hydrogens is 239 g/mol. The minimum absolute atomic E-state index is 0.0773. The number of nitrogens with zero attached hydrogens (tertiary/aromatic N) is 1. The third-order valence-corrected chi connectivity index (χ3v) is 4.41. The summed E-state index contributed by atoms with van der Waals surface area (Å²) in [7, 11) is 0. The quantitative estimate of drug-likeness (QED) is 0.903. The highest BCUT2D eigenvalue weighted by Crippen LogP contribution is 2.29. The van der Waals surface area contributed by atoms with Crippen molar-refractivity contribution >= 4 is 0 Å². The zero-order valence-corrected chi connectivity index (χ0v) is 12.2. The minimum Gasteiger partial charge on any atom is -0.324 e. The average molecular weight is 264 g/mol. The summed E-state index contributed by atoms with van der Waals surface area (Å²) in [4.78, 5) is 2.50. The molecule has 1 aliphatic heterocycles. The van der Waals surface area contributed by atoms with Gasteiger partial charge in [-0.1, -0.05) is 12.1 Å². The smallest absolute Gasteiger partial charge is 0.126 e. The summed E-state index contributed by atoms with van der Waals surface area (Å²) in [5.41, 5.74) is 8.06. The van der Waals surface area contributed by atoms with Gasteiger partial charge in [0, 0.05) is 18.1 Å². The van der Waals surface area contributed by atoms with Crippen LogP contribution >= 0.6 is 0 Å². The highest BCUT2D eigenvalue weighted by atomic mass is 19.1. The van der Waals surface area contributed by atoms with Gasteiger partial charge >= 0.3 is 0 Å². The molecule has 0 amide bonds. The van der Waals surface area contributed by atoms with Gasteiger partial charge in [-0.05, 0) is 63.8 Å². The molecule has 1 aromatic rings. The summed E-state index contributed by atoms with van der Waals surface area (Å²) < 4.78 is 13.5. The van der Waals surface area contributed by atoms with Crippen molar-refractivity contribution < 1.29 is 4.39 Å². The van der Waals surface area contributed by atoms with Gasteiger partial charge in [0.25, 0.3) is 0 Å². The van der Waals surface area contributed by atoms with E-state index in [0.29, 0.717) is 5.56 Å². The summed E-state index contributed by atoms with van der Waals surface area (Å²) in [6.07, 6.45) is 3.40. The van der Waals surface area contributed by atoms with E-state index in [-0.39, 0.29) is 17.4 Å². The Balaban J connectivity index is 1.94. The van der Waals surface area contributed by atoms with Crippen molar-refractivity contribution in [1.82, 2.24) is 4.90 Å². The van der Waals surface area contributed by atoms with Crippen molar-refractivity contribution in [3.05, 3.63) is 35.1 Å². The van der Waals surface area contributed by atoms with E-state index >= 15 is 0 Å². The Hall–Kier alpha value is -0.930. The van der Waals surface area contributed by atoms with Crippen LogP contribution in [-0.2, 0) is 0 Å². The van der Waals surface area contributed by atoms with E-state index in [1.165, 1.54) is 12.8 Å². The number of rotatable bonds is 4. The first-order chi connectivity index (χ1) is 8.90. The van der Waals surface area contributed by atoms with Crippen LogP contribution in [0.4, 0.5) is 4.39 Å². The van der Waals surface area contributed by atoms with Crippen molar-refractivity contribution in [2.24, 2.45) is 5.73 Å². The summed E-state index contributed by atoms with van der Waals surface area (Å²) >= 11 is 0. The van der Waals surface area contributed by atoms with Crippen LogP contribution in [0.25, 0.3) is 0 Å². The molecular formula is C16H25FN2. The molecule has 1 heterocycles. The van der Waals surface area contributed by atoms with E-state index in [4.69, 9.17) is 5.73 Å². The minimum atomic E-state index is -0.158. The summed E-state index contributed by atoms with van der Waals surface area (Å²) in [5.74, 6) is -0.158. The van der Waals surface area contributed by atoms with E-state index in [0.717, 1.165) is 25.1 Å². The molecule has 2 rings (SSSR count). The third kappa shape index (κ3) is 3.34. The van der Waals surface area contributed by atoms with Gasteiger partial charge in [0.2, 0.25) is 0 Å². The number of aryl methyl sites for hydroxylation is 1. The van der Waals surface area contributed by atoms with E-state index < -0.39 is 0 Å². The second-order valence-electron chi connectivity index (χ2n) is 6.31. The molecule has 1 atom stereocenters. The van der Waals surface area contributed by atoms with E-state index in [1.54, 1.807) is 13.0 Å². The fourth-order valence-electron chi connectivity index (χ4n) is 2.88. The van der Waals surface area contributed by atoms with E-state index in [1.807, 2.05) is 12.1 Å². The van der Waals surface area contributed by atoms with Crippen LogP contribution in [0.3, 0.4) is 0 Å². The van der Waals surface area contributed by atoms with Crippen LogP contribution in [0.1, 0.15) is 50.3 Å². The lowest BCUT2D eigenvalue weighted by atomic mass is 10.00. The first kappa shape index (κ1) is 14.5. The van der Waals surface area contributed by atoms with Gasteiger partial charge in [0.1, 0.15) is 5.82 Å². The molecule has 1 aromatic carbocycles. The van der Waals surface area contributed by atoms with Crippen LogP contribution < -0.4 is 5.73 Å². The molecule has 19 heavy (non-hydrogen) atoms. The number of hydrogen-bond donors (Lipinski definition) is 1. The normalized spacial score (nSPS) is 20.7. The number of halogens is 1. The topological polar surface area (TPSA) is 29.3 Å². The zero-order chi connectivity index (χ0) is 14.0. The number of likely N-dealkylation sites (tertiary alicyclic amines) is 1. The van der Waals surface area contributed by atoms with Crippen molar-refractivity contribution in [3.8, 4) is 0 Å². The summed E-state index contributed by atoms with van der Waals surface area (Å²) in [6, 6.07) is 5.25. The highest BCUT2D eigenvalue weighted by Gasteiger charge is 2.31. The Morgan fingerprint density at radius 1 is 1.42 bits per heavy atom. The lowest BCUT2D eigenvalue weighted by Crippen LogP contribution is -2.39. The van der Waals surface area contributed by atoms with E-state index in [2.05, 4.69) is 18.7 Å². The molecule has 0 bridgehead atoms. The Kier molecular flexibility index (Phi) is 4.26. The molecule has 1 saturated heterocycles. The first-order valence-electron chi connectivity index (χ1n) is 7.17. The Morgan fingerprint density at radius 3 is 2.74 bits per heavy atom. The molecule has 1 unspecified atom stereocenters. The fourth-order valence-corrected chi connectivity index (χ4v) is 2.88. The maximum atomic E-state index is 13.5. The van der Waals surface area contributed by atoms with Gasteiger partial charge in [-0.25, -0.2) is 4.39 Å². The average Bonchev–Trinajstić information content (AvgIpc) is 2.69. The lowest BCUT2D eigenvalue weighted by Gasteiger charge is -2.32. The third-order valence-electron chi connectivity index (χ3n) is 4.41. The predicted octanol–water partition coefficient (Wildman–Crippen LogP) is 3.40. The Labute approximate surface area is 115 Å². The van der Waals surface area contributed by atoms with E-state index in [9.17, 15) is 4.39 Å². The van der Waals surface area contributed by atoms with Gasteiger partial charge in [-0.15, -0.1) is 0 Å². The predicted molar refractivity (Wildman–Crippen MR) is 77.6 cm³/mol. The fraction of sp³-hybridized carbons (Fsp3) is 0.625. The van der Waals surface area contributed by atoms with Crippen LogP contribution in [0, 0.1) is 12.7 Å². The molecule has 2 nitrogen and oxygen atoms in total. The molecule has 1 aliphatic rings. The van der Waals surface area contributed by atoms with Crippen LogP contribution in [0.2, 0.25) is 0 Å². The maximum Gasteiger partial charge on any atom is 0.126 e. The molecule has 3 heteroatoms. The largest absolute Gasteiger partial charge is 0.324 e. The Bertz CT molecular complexity index is 442. The van der Waals surface area contributed by atoms with Gasteiger partial charge in [-0.3, -0.25) is 4.90 Å². The van der Waals surface area contributed by atoms with Crippen LogP contribution in [0.15, 0.2) is 18.2 Å². The van der Waals surface area contributed by atoms with Crippen molar-refractivity contribution in [2.75, 3.05) is 13.1 Å². The van der Waals surface area contributed by atoms with Crippen molar-refractivity contribution in [1.29, 1.82) is 0 Å². The number of hydrogen-bond acceptors (Lipinski definition) is 2. The van der Waals surface area contributed by atoms with Gasteiger partial charge in [-0.2, -0.15) is 0 Å². The Morgan fingerprint density at radius 2 is 2.16 bits per heavy atom. The standard InChI is InChI=1S/C16H25FN2/c1-12-5-6-13(11-14(12)17)15(18)7-10-19-9-4-8-16(19,2)3/h5-6,11,15H,4,7-10,18H2,1-3H3. The molecule has 106 valence electrons. The second-order valence-corrected chi connectivity index (χ2v) is 6.31. The molecule has 0 radical (unpaired) electrons. The molecule has 2 N–H and O–H groups in total. The zero-order valence-electron chi connectivity index (χ0n) is 12.2. The maximum absolute atomic E-state index is 13.5. The summed E-state index contributed by atoms with van der Waals surface area (Å²) in [5, 5.41) is 0. The lowest BCUT2D eigenvalue weighted by molar-refractivity contribution is 0.169. The first-order valence-corrected chi connectivity index (χ1v) is 7.17. The van der Waals surface area contributed by atoms with Gasteiger partial charge in [0.15, 0.2) is 0 Å². The van der Waals surface area contributed by atoms with Crippen LogP contribution in [-0.4, -0.2) is 23.5 Å². The molecule has 0 saturated carbocycles.